The van der Waals surface area contributed by atoms with Gasteiger partial charge in [-0.1, -0.05) is 60.8 Å². The number of nitrogens with zero attached hydrogens (tertiary/aromatic N) is 1. The van der Waals surface area contributed by atoms with Gasteiger partial charge >= 0.3 is 0 Å². The van der Waals surface area contributed by atoms with Crippen molar-refractivity contribution in [3.63, 3.8) is 0 Å². The van der Waals surface area contributed by atoms with Crippen LogP contribution in [-0.4, -0.2) is 18.7 Å². The number of terminal acetylenes is 1. The number of aliphatic imine (C=N–C) groups is 1. The Labute approximate surface area is 220 Å². The van der Waals surface area contributed by atoms with Crippen molar-refractivity contribution in [1.29, 1.82) is 0 Å². The van der Waals surface area contributed by atoms with Gasteiger partial charge in [0.1, 0.15) is 17.4 Å². The van der Waals surface area contributed by atoms with E-state index in [4.69, 9.17) is 16.2 Å². The van der Waals surface area contributed by atoms with Crippen molar-refractivity contribution in [2.24, 2.45) is 16.3 Å². The molecule has 180 valence electrons. The Bertz CT molecular complexity index is 1280. The average molecular weight is 550 g/mol. The first kappa shape index (κ1) is 25.2. The summed E-state index contributed by atoms with van der Waals surface area (Å²) < 4.78 is 6.60. The number of fused-ring (bicyclic) bond motifs is 1. The van der Waals surface area contributed by atoms with Gasteiger partial charge in [0.25, 0.3) is 5.91 Å². The van der Waals surface area contributed by atoms with Crippen molar-refractivity contribution in [2.75, 3.05) is 11.9 Å². The molecular weight excluding hydrogens is 520 g/mol. The Hall–Kier alpha value is -2.88. The molecule has 0 radical (unpaired) electrons. The van der Waals surface area contributed by atoms with Crippen molar-refractivity contribution in [3.05, 3.63) is 74.6 Å². The number of nitrogens with one attached hydrogen (secondary N) is 1. The molecule has 1 heterocycles. The number of para-hydroxylation sites is 1. The van der Waals surface area contributed by atoms with Gasteiger partial charge in [0.2, 0.25) is 0 Å². The molecule has 0 spiro atoms. The van der Waals surface area contributed by atoms with E-state index < -0.39 is 0 Å². The van der Waals surface area contributed by atoms with E-state index in [0.29, 0.717) is 17.2 Å². The zero-order chi connectivity index (χ0) is 25.0. The van der Waals surface area contributed by atoms with Gasteiger partial charge < -0.3 is 10.1 Å². The summed E-state index contributed by atoms with van der Waals surface area (Å²) in [5.74, 6) is 3.61. The number of hydrogen-bond donors (Lipinski definition) is 1. The van der Waals surface area contributed by atoms with Crippen molar-refractivity contribution < 1.29 is 9.53 Å². The third kappa shape index (κ3) is 6.04. The normalized spacial score (nSPS) is 15.5. The highest BCUT2D eigenvalue weighted by atomic mass is 79.9. The summed E-state index contributed by atoms with van der Waals surface area (Å²) in [7, 11) is 0. The molecule has 0 bridgehead atoms. The summed E-state index contributed by atoms with van der Waals surface area (Å²) in [5.41, 5.74) is 3.60. The van der Waals surface area contributed by atoms with Crippen LogP contribution >= 0.6 is 27.3 Å². The lowest BCUT2D eigenvalue weighted by atomic mass is 9.72. The van der Waals surface area contributed by atoms with Crippen LogP contribution in [-0.2, 0) is 12.8 Å². The van der Waals surface area contributed by atoms with Crippen molar-refractivity contribution in [2.45, 2.75) is 40.0 Å². The van der Waals surface area contributed by atoms with Gasteiger partial charge in [-0.2, -0.15) is 0 Å². The summed E-state index contributed by atoms with van der Waals surface area (Å²) in [4.78, 5) is 19.6. The lowest BCUT2D eigenvalue weighted by Gasteiger charge is -2.33. The molecule has 0 saturated carbocycles. The van der Waals surface area contributed by atoms with E-state index in [1.54, 1.807) is 17.6 Å². The molecule has 3 aromatic rings. The number of benzene rings is 2. The minimum absolute atomic E-state index is 0.117. The number of rotatable bonds is 6. The minimum atomic E-state index is -0.117. The first-order chi connectivity index (χ1) is 16.8. The Morgan fingerprint density at radius 3 is 2.77 bits per heavy atom. The molecule has 6 heteroatoms. The molecule has 2 aromatic carbocycles. The molecule has 1 atom stereocenters. The third-order valence-corrected chi connectivity index (χ3v) is 7.99. The van der Waals surface area contributed by atoms with Gasteiger partial charge in [-0.3, -0.25) is 4.79 Å². The van der Waals surface area contributed by atoms with Crippen LogP contribution in [0.3, 0.4) is 0 Å². The molecule has 0 saturated heterocycles. The maximum Gasteiger partial charge on any atom is 0.259 e. The topological polar surface area (TPSA) is 50.7 Å². The smallest absolute Gasteiger partial charge is 0.259 e. The predicted octanol–water partition coefficient (Wildman–Crippen LogP) is 7.68. The van der Waals surface area contributed by atoms with Crippen LogP contribution < -0.4 is 10.1 Å². The predicted molar refractivity (Wildman–Crippen MR) is 149 cm³/mol. The van der Waals surface area contributed by atoms with E-state index in [1.165, 1.54) is 4.88 Å². The number of hydrogen-bond acceptors (Lipinski definition) is 4. The Morgan fingerprint density at radius 1 is 1.29 bits per heavy atom. The van der Waals surface area contributed by atoms with Crippen LogP contribution in [0.25, 0.3) is 0 Å². The summed E-state index contributed by atoms with van der Waals surface area (Å²) in [6.07, 6.45) is 10.1. The fraction of sp³-hybridized carbons (Fsp3) is 0.310. The Kier molecular flexibility index (Phi) is 7.78. The molecule has 0 fully saturated rings. The maximum atomic E-state index is 13.5. The standard InChI is InChI=1S/C29H29BrN2O2S/c1-5-15-34-24-14-12-21(30)16-19(24)18-31-28-26(27(33)32-22-9-7-6-8-10-22)23-13-11-20(29(2,3)4)17-25(23)35-28/h1,6-10,12,14,16,18,20H,11,13,15,17H2,2-4H3,(H,32,33)/t20-/m1/s1. The quantitative estimate of drug-likeness (QED) is 0.253. The van der Waals surface area contributed by atoms with Gasteiger partial charge in [-0.15, -0.1) is 17.8 Å². The molecule has 1 aromatic heterocycles. The van der Waals surface area contributed by atoms with Crippen LogP contribution in [0.1, 0.15) is 53.6 Å². The molecule has 1 aliphatic rings. The number of halogens is 1. The fourth-order valence-corrected chi connectivity index (χ4v) is 6.00. The van der Waals surface area contributed by atoms with Gasteiger partial charge in [0.15, 0.2) is 0 Å². The van der Waals surface area contributed by atoms with E-state index in [2.05, 4.69) is 47.9 Å². The molecule has 1 amide bonds. The van der Waals surface area contributed by atoms with Crippen LogP contribution in [0.5, 0.6) is 5.75 Å². The van der Waals surface area contributed by atoms with Gasteiger partial charge in [0, 0.05) is 26.8 Å². The van der Waals surface area contributed by atoms with E-state index in [9.17, 15) is 4.79 Å². The number of carbonyl (C=O) groups excluding carboxylic acids is 1. The molecular formula is C29H29BrN2O2S. The van der Waals surface area contributed by atoms with Gasteiger partial charge in [-0.25, -0.2) is 4.99 Å². The summed E-state index contributed by atoms with van der Waals surface area (Å²) in [5, 5.41) is 3.79. The largest absolute Gasteiger partial charge is 0.480 e. The van der Waals surface area contributed by atoms with E-state index >= 15 is 0 Å². The van der Waals surface area contributed by atoms with Crippen LogP contribution in [0.15, 0.2) is 58.0 Å². The van der Waals surface area contributed by atoms with Gasteiger partial charge in [-0.05, 0) is 66.5 Å². The molecule has 0 aliphatic heterocycles. The highest BCUT2D eigenvalue weighted by molar-refractivity contribution is 9.10. The number of carbonyl (C=O) groups is 1. The summed E-state index contributed by atoms with van der Waals surface area (Å²) >= 11 is 5.14. The van der Waals surface area contributed by atoms with Gasteiger partial charge in [0.05, 0.1) is 5.56 Å². The van der Waals surface area contributed by atoms with Crippen LogP contribution in [0, 0.1) is 23.7 Å². The monoisotopic (exact) mass is 548 g/mol. The lowest BCUT2D eigenvalue weighted by Crippen LogP contribution is -2.27. The second kappa shape index (κ2) is 10.8. The second-order valence-electron chi connectivity index (χ2n) is 9.74. The maximum absolute atomic E-state index is 13.5. The summed E-state index contributed by atoms with van der Waals surface area (Å²) in [6, 6.07) is 15.2. The van der Waals surface area contributed by atoms with E-state index in [0.717, 1.165) is 45.6 Å². The van der Waals surface area contributed by atoms with E-state index in [-0.39, 0.29) is 17.9 Å². The molecule has 1 N–H and O–H groups in total. The van der Waals surface area contributed by atoms with Crippen molar-refractivity contribution >= 4 is 50.1 Å². The molecule has 35 heavy (non-hydrogen) atoms. The molecule has 4 nitrogen and oxygen atoms in total. The number of anilines is 1. The zero-order valence-electron chi connectivity index (χ0n) is 20.2. The number of thiophene rings is 1. The molecule has 0 unspecified atom stereocenters. The minimum Gasteiger partial charge on any atom is -0.480 e. The Balaban J connectivity index is 1.72. The SMILES string of the molecule is C#CCOc1ccc(Br)cc1C=Nc1sc2c(c1C(=O)Nc1ccccc1)CC[C@@H](C(C)(C)C)C2. The molecule has 4 rings (SSSR count). The van der Waals surface area contributed by atoms with E-state index in [1.807, 2.05) is 48.5 Å². The molecule has 1 aliphatic carbocycles. The lowest BCUT2D eigenvalue weighted by molar-refractivity contribution is 0.102. The zero-order valence-corrected chi connectivity index (χ0v) is 22.6. The second-order valence-corrected chi connectivity index (χ2v) is 11.7. The highest BCUT2D eigenvalue weighted by Crippen LogP contribution is 2.45. The number of amides is 1. The highest BCUT2D eigenvalue weighted by Gasteiger charge is 2.33. The van der Waals surface area contributed by atoms with Crippen molar-refractivity contribution in [1.82, 2.24) is 0 Å². The first-order valence-electron chi connectivity index (χ1n) is 11.7. The fourth-order valence-electron chi connectivity index (χ4n) is 4.35. The first-order valence-corrected chi connectivity index (χ1v) is 13.3. The average Bonchev–Trinajstić information content (AvgIpc) is 3.20. The number of ether oxygens (including phenoxy) is 1. The third-order valence-electron chi connectivity index (χ3n) is 6.33. The van der Waals surface area contributed by atoms with Crippen LogP contribution in [0.2, 0.25) is 0 Å². The van der Waals surface area contributed by atoms with Crippen LogP contribution in [0.4, 0.5) is 10.7 Å². The summed E-state index contributed by atoms with van der Waals surface area (Å²) in [6.45, 7) is 7.06. The Morgan fingerprint density at radius 2 is 2.06 bits per heavy atom. The van der Waals surface area contributed by atoms with Crippen molar-refractivity contribution in [3.8, 4) is 18.1 Å².